The molecule has 0 fully saturated rings. The van der Waals surface area contributed by atoms with Crippen LogP contribution in [0.3, 0.4) is 0 Å². The molecule has 0 spiro atoms. The molecule has 2 aromatic heterocycles. The van der Waals surface area contributed by atoms with Crippen LogP contribution >= 0.6 is 11.3 Å². The van der Waals surface area contributed by atoms with Crippen molar-refractivity contribution >= 4 is 59.8 Å². The molecule has 4 aromatic carbocycles. The molecule has 8 rings (SSSR count). The number of allylic oxidation sites excluding steroid dienone is 5. The van der Waals surface area contributed by atoms with Gasteiger partial charge in [0.15, 0.2) is 0 Å². The number of benzene rings is 4. The minimum Gasteiger partial charge on any atom is -0.308 e. The molecule has 2 aliphatic carbocycles. The fourth-order valence-corrected chi connectivity index (χ4v) is 8.73. The van der Waals surface area contributed by atoms with Crippen LogP contribution in [0.1, 0.15) is 55.1 Å². The average molecular weight is 597 g/mol. The maximum absolute atomic E-state index is 9.72. The minimum absolute atomic E-state index is 0.0332. The zero-order valence-corrected chi connectivity index (χ0v) is 26.5. The predicted molar refractivity (Wildman–Crippen MR) is 192 cm³/mol. The maximum atomic E-state index is 9.72. The number of thiophene rings is 1. The first kappa shape index (κ1) is 27.5. The largest absolute Gasteiger partial charge is 0.308 e. The molecule has 6 aromatic rings. The van der Waals surface area contributed by atoms with E-state index < -0.39 is 0 Å². The lowest BCUT2D eigenvalue weighted by molar-refractivity contribution is 0.661. The van der Waals surface area contributed by atoms with Gasteiger partial charge in [0.25, 0.3) is 0 Å². The summed E-state index contributed by atoms with van der Waals surface area (Å²) in [5.41, 5.74) is 12.0. The van der Waals surface area contributed by atoms with Crippen LogP contribution in [0.15, 0.2) is 97.1 Å². The van der Waals surface area contributed by atoms with E-state index in [1.807, 2.05) is 23.5 Å². The molecular formula is C42H32N2S. The van der Waals surface area contributed by atoms with Crippen molar-refractivity contribution in [2.24, 2.45) is 5.92 Å². The SMILES string of the molecule is C#C/C=C(\C(=C/CC#N)c1ccc2sc3cc4c(cc3c2c1)-c1ccccc1C4(C)C)n1c2c(c3ccccc31)CC(C)C=C2. The lowest BCUT2D eigenvalue weighted by atomic mass is 9.82. The molecule has 2 aliphatic rings. The van der Waals surface area contributed by atoms with Crippen molar-refractivity contribution in [3.63, 3.8) is 0 Å². The second-order valence-electron chi connectivity index (χ2n) is 12.8. The van der Waals surface area contributed by atoms with E-state index in [1.165, 1.54) is 53.4 Å². The Morgan fingerprint density at radius 3 is 2.60 bits per heavy atom. The van der Waals surface area contributed by atoms with Gasteiger partial charge in [-0.15, -0.1) is 17.8 Å². The Kier molecular flexibility index (Phi) is 6.25. The third-order valence-electron chi connectivity index (χ3n) is 9.75. The van der Waals surface area contributed by atoms with E-state index in [-0.39, 0.29) is 11.8 Å². The summed E-state index contributed by atoms with van der Waals surface area (Å²) in [7, 11) is 0. The monoisotopic (exact) mass is 596 g/mol. The lowest BCUT2D eigenvalue weighted by Gasteiger charge is -2.21. The zero-order valence-electron chi connectivity index (χ0n) is 25.7. The maximum Gasteiger partial charge on any atom is 0.0663 e. The number of nitrogens with zero attached hydrogens (tertiary/aromatic N) is 2. The first-order valence-corrected chi connectivity index (χ1v) is 16.4. The number of hydrogen-bond acceptors (Lipinski definition) is 2. The predicted octanol–water partition coefficient (Wildman–Crippen LogP) is 11.0. The second-order valence-corrected chi connectivity index (χ2v) is 13.9. The van der Waals surface area contributed by atoms with Gasteiger partial charge < -0.3 is 4.57 Å². The van der Waals surface area contributed by atoms with E-state index in [9.17, 15) is 5.26 Å². The lowest BCUT2D eigenvalue weighted by Crippen LogP contribution is -2.14. The summed E-state index contributed by atoms with van der Waals surface area (Å²) in [6.45, 7) is 6.93. The van der Waals surface area contributed by atoms with Crippen molar-refractivity contribution in [2.75, 3.05) is 0 Å². The summed E-state index contributed by atoms with van der Waals surface area (Å²) in [6, 6.07) is 31.3. The van der Waals surface area contributed by atoms with E-state index in [2.05, 4.69) is 128 Å². The Hall–Kier alpha value is -5.09. The van der Waals surface area contributed by atoms with Crippen molar-refractivity contribution in [1.29, 1.82) is 5.26 Å². The molecule has 0 aliphatic heterocycles. The number of terminal acetylenes is 1. The van der Waals surface area contributed by atoms with Crippen LogP contribution in [0.5, 0.6) is 0 Å². The van der Waals surface area contributed by atoms with E-state index in [4.69, 9.17) is 6.42 Å². The second kappa shape index (κ2) is 10.2. The standard InChI is InChI=1S/C42H32N2S/c1-5-11-37(44-38-16-9-7-13-30(38)32-22-26(2)17-19-39(32)44)28(14-10-21-43)27-18-20-40-33(23-27)34-24-31-29-12-6-8-15-35(29)42(3,4)36(31)25-41(34)45-40/h1,6-9,11-20,23-26H,10,22H2,2-4H3/b28-14-,37-11+. The Bertz CT molecular complexity index is 2390. The zero-order chi connectivity index (χ0) is 30.9. The van der Waals surface area contributed by atoms with Crippen LogP contribution in [0, 0.1) is 29.6 Å². The number of hydrogen-bond donors (Lipinski definition) is 0. The summed E-state index contributed by atoms with van der Waals surface area (Å²) >= 11 is 1.85. The Morgan fingerprint density at radius 1 is 0.956 bits per heavy atom. The van der Waals surface area contributed by atoms with Crippen LogP contribution in [-0.4, -0.2) is 4.57 Å². The van der Waals surface area contributed by atoms with Crippen molar-refractivity contribution in [2.45, 2.75) is 39.0 Å². The Morgan fingerprint density at radius 2 is 1.76 bits per heavy atom. The highest BCUT2D eigenvalue weighted by Gasteiger charge is 2.35. The molecule has 1 atom stereocenters. The fraction of sp³-hybridized carbons (Fsp3) is 0.167. The van der Waals surface area contributed by atoms with Gasteiger partial charge in [-0.05, 0) is 82.1 Å². The molecule has 1 unspecified atom stereocenters. The average Bonchev–Trinajstić information content (AvgIpc) is 3.65. The van der Waals surface area contributed by atoms with E-state index in [1.54, 1.807) is 0 Å². The van der Waals surface area contributed by atoms with Crippen molar-refractivity contribution < 1.29 is 0 Å². The van der Waals surface area contributed by atoms with E-state index in [0.717, 1.165) is 34.5 Å². The van der Waals surface area contributed by atoms with Crippen LogP contribution < -0.4 is 0 Å². The van der Waals surface area contributed by atoms with Crippen molar-refractivity contribution in [1.82, 2.24) is 4.57 Å². The van der Waals surface area contributed by atoms with Gasteiger partial charge in [-0.1, -0.05) is 87.4 Å². The molecule has 0 amide bonds. The molecule has 216 valence electrons. The molecule has 3 heteroatoms. The molecule has 45 heavy (non-hydrogen) atoms. The van der Waals surface area contributed by atoms with Gasteiger partial charge in [0, 0.05) is 48.3 Å². The van der Waals surface area contributed by atoms with Crippen LogP contribution in [-0.2, 0) is 11.8 Å². The summed E-state index contributed by atoms with van der Waals surface area (Å²) in [5.74, 6) is 3.31. The minimum atomic E-state index is -0.0332. The highest BCUT2D eigenvalue weighted by atomic mass is 32.1. The van der Waals surface area contributed by atoms with Crippen molar-refractivity contribution in [3.05, 3.63) is 125 Å². The van der Waals surface area contributed by atoms with E-state index >= 15 is 0 Å². The summed E-state index contributed by atoms with van der Waals surface area (Å²) < 4.78 is 4.86. The number of rotatable bonds is 4. The summed E-state index contributed by atoms with van der Waals surface area (Å²) in [4.78, 5) is 0. The van der Waals surface area contributed by atoms with Crippen LogP contribution in [0.4, 0.5) is 0 Å². The first-order chi connectivity index (χ1) is 21.9. The topological polar surface area (TPSA) is 28.7 Å². The van der Waals surface area contributed by atoms with Crippen LogP contribution in [0.25, 0.3) is 59.5 Å². The van der Waals surface area contributed by atoms with Gasteiger partial charge in [-0.25, -0.2) is 0 Å². The molecule has 0 N–H and O–H groups in total. The normalized spacial score (nSPS) is 16.9. The summed E-state index contributed by atoms with van der Waals surface area (Å²) in [6.07, 6.45) is 15.7. The molecule has 0 radical (unpaired) electrons. The smallest absolute Gasteiger partial charge is 0.0663 e. The molecule has 0 saturated carbocycles. The van der Waals surface area contributed by atoms with Crippen LogP contribution in [0.2, 0.25) is 0 Å². The molecule has 2 nitrogen and oxygen atoms in total. The van der Waals surface area contributed by atoms with Gasteiger partial charge in [0.05, 0.1) is 23.7 Å². The third kappa shape index (κ3) is 4.09. The van der Waals surface area contributed by atoms with Gasteiger partial charge in [-0.2, -0.15) is 5.26 Å². The van der Waals surface area contributed by atoms with Gasteiger partial charge >= 0.3 is 0 Å². The quantitative estimate of drug-likeness (QED) is 0.147. The molecule has 0 saturated heterocycles. The molecule has 0 bridgehead atoms. The highest BCUT2D eigenvalue weighted by molar-refractivity contribution is 7.25. The Balaban J connectivity index is 1.35. The van der Waals surface area contributed by atoms with Gasteiger partial charge in [0.1, 0.15) is 0 Å². The van der Waals surface area contributed by atoms with Crippen molar-refractivity contribution in [3.8, 4) is 29.5 Å². The first-order valence-electron chi connectivity index (χ1n) is 15.6. The number of fused-ring (bicyclic) bond motifs is 9. The number of aromatic nitrogens is 1. The third-order valence-corrected chi connectivity index (χ3v) is 10.9. The number of nitriles is 1. The van der Waals surface area contributed by atoms with Gasteiger partial charge in [0.2, 0.25) is 0 Å². The highest BCUT2D eigenvalue weighted by Crippen LogP contribution is 2.51. The number of para-hydroxylation sites is 1. The Labute approximate surface area is 268 Å². The molecular weight excluding hydrogens is 565 g/mol. The molecule has 2 heterocycles. The van der Waals surface area contributed by atoms with Gasteiger partial charge in [-0.3, -0.25) is 0 Å². The fourth-order valence-electron chi connectivity index (χ4n) is 7.62. The van der Waals surface area contributed by atoms with E-state index in [0.29, 0.717) is 5.92 Å². The summed E-state index contributed by atoms with van der Waals surface area (Å²) in [5, 5.41) is 13.5.